The molecule has 0 radical (unpaired) electrons. The van der Waals surface area contributed by atoms with Crippen molar-refractivity contribution in [3.8, 4) is 22.6 Å². The lowest BCUT2D eigenvalue weighted by Gasteiger charge is -2.24. The Balaban J connectivity index is 2.02. The standard InChI is InChI=1S/C28H34N2O3/c1-18-7-9-21(10-8-18)27-24(16-29)26(15-28(4,5)6)30-19(2)25(27)17-32-22-11-13-23(14-12-22)33-20(3)31/h7-14H,15-17,29H2,1-6H3. The quantitative estimate of drug-likeness (QED) is 0.360. The lowest BCUT2D eigenvalue weighted by atomic mass is 9.85. The first kappa shape index (κ1) is 24.5. The van der Waals surface area contributed by atoms with Crippen LogP contribution in [0.25, 0.3) is 11.1 Å². The third-order valence-corrected chi connectivity index (χ3v) is 5.40. The SMILES string of the molecule is CC(=O)Oc1ccc(OCc2c(C)nc(CC(C)(C)C)c(CN)c2-c2ccc(C)cc2)cc1. The maximum atomic E-state index is 11.1. The van der Waals surface area contributed by atoms with E-state index in [1.807, 2.05) is 6.92 Å². The molecule has 1 heterocycles. The largest absolute Gasteiger partial charge is 0.489 e. The summed E-state index contributed by atoms with van der Waals surface area (Å²) in [4.78, 5) is 16.1. The average Bonchev–Trinajstić information content (AvgIpc) is 2.73. The molecular formula is C28H34N2O3. The minimum atomic E-state index is -0.349. The molecule has 0 aliphatic rings. The smallest absolute Gasteiger partial charge is 0.308 e. The van der Waals surface area contributed by atoms with Crippen molar-refractivity contribution in [2.75, 3.05) is 0 Å². The number of pyridine rings is 1. The molecule has 3 aromatic rings. The molecule has 0 saturated heterocycles. The van der Waals surface area contributed by atoms with Crippen molar-refractivity contribution in [2.24, 2.45) is 11.1 Å². The highest BCUT2D eigenvalue weighted by Gasteiger charge is 2.22. The Bertz CT molecular complexity index is 1110. The number of benzene rings is 2. The van der Waals surface area contributed by atoms with Crippen LogP contribution in [0.2, 0.25) is 0 Å². The Morgan fingerprint density at radius 1 is 0.939 bits per heavy atom. The van der Waals surface area contributed by atoms with Crippen LogP contribution in [0.4, 0.5) is 0 Å². The molecule has 0 amide bonds. The molecule has 3 rings (SSSR count). The van der Waals surface area contributed by atoms with Gasteiger partial charge in [0, 0.05) is 30.4 Å². The lowest BCUT2D eigenvalue weighted by molar-refractivity contribution is -0.131. The van der Waals surface area contributed by atoms with Gasteiger partial charge in [-0.05, 0) is 66.6 Å². The summed E-state index contributed by atoms with van der Waals surface area (Å²) in [6.45, 7) is 12.9. The second-order valence-corrected chi connectivity index (χ2v) is 9.64. The zero-order valence-corrected chi connectivity index (χ0v) is 20.5. The first-order chi connectivity index (χ1) is 15.6. The molecule has 5 heteroatoms. The summed E-state index contributed by atoms with van der Waals surface area (Å²) in [5.41, 5.74) is 13.9. The molecule has 174 valence electrons. The van der Waals surface area contributed by atoms with Crippen molar-refractivity contribution in [1.29, 1.82) is 0 Å². The minimum absolute atomic E-state index is 0.0929. The number of rotatable bonds is 7. The Labute approximate surface area is 197 Å². The van der Waals surface area contributed by atoms with E-state index in [2.05, 4.69) is 52.0 Å². The second kappa shape index (κ2) is 10.2. The first-order valence-corrected chi connectivity index (χ1v) is 11.3. The number of nitrogens with two attached hydrogens (primary N) is 1. The molecule has 0 fully saturated rings. The van der Waals surface area contributed by atoms with Gasteiger partial charge in [0.2, 0.25) is 0 Å². The average molecular weight is 447 g/mol. The van der Waals surface area contributed by atoms with Crippen LogP contribution in [0.3, 0.4) is 0 Å². The normalized spacial score (nSPS) is 11.4. The van der Waals surface area contributed by atoms with Crippen LogP contribution < -0.4 is 15.2 Å². The van der Waals surface area contributed by atoms with Crippen molar-refractivity contribution in [2.45, 2.75) is 61.1 Å². The second-order valence-electron chi connectivity index (χ2n) is 9.64. The van der Waals surface area contributed by atoms with E-state index in [-0.39, 0.29) is 11.4 Å². The zero-order chi connectivity index (χ0) is 24.2. The van der Waals surface area contributed by atoms with Crippen molar-refractivity contribution in [3.05, 3.63) is 76.6 Å². The van der Waals surface area contributed by atoms with E-state index in [4.69, 9.17) is 20.2 Å². The van der Waals surface area contributed by atoms with Crippen molar-refractivity contribution < 1.29 is 14.3 Å². The van der Waals surface area contributed by atoms with Crippen LogP contribution in [0.15, 0.2) is 48.5 Å². The summed E-state index contributed by atoms with van der Waals surface area (Å²) in [5.74, 6) is 0.830. The van der Waals surface area contributed by atoms with Crippen molar-refractivity contribution >= 4 is 5.97 Å². The molecule has 0 aliphatic heterocycles. The summed E-state index contributed by atoms with van der Waals surface area (Å²) in [7, 11) is 0. The van der Waals surface area contributed by atoms with Gasteiger partial charge in [0.25, 0.3) is 0 Å². The van der Waals surface area contributed by atoms with Gasteiger partial charge in [-0.2, -0.15) is 0 Å². The summed E-state index contributed by atoms with van der Waals surface area (Å²) in [5, 5.41) is 0. The van der Waals surface area contributed by atoms with E-state index in [1.165, 1.54) is 12.5 Å². The Kier molecular flexibility index (Phi) is 7.54. The lowest BCUT2D eigenvalue weighted by Crippen LogP contribution is -2.18. The molecule has 5 nitrogen and oxygen atoms in total. The van der Waals surface area contributed by atoms with Gasteiger partial charge in [-0.15, -0.1) is 0 Å². The van der Waals surface area contributed by atoms with E-state index in [9.17, 15) is 4.79 Å². The number of hydrogen-bond acceptors (Lipinski definition) is 5. The molecule has 0 spiro atoms. The molecule has 0 saturated carbocycles. The number of nitrogens with zero attached hydrogens (tertiary/aromatic N) is 1. The van der Waals surface area contributed by atoms with Crippen LogP contribution in [0.5, 0.6) is 11.5 Å². The third-order valence-electron chi connectivity index (χ3n) is 5.40. The number of aryl methyl sites for hydroxylation is 2. The Morgan fingerprint density at radius 3 is 2.09 bits per heavy atom. The van der Waals surface area contributed by atoms with Crippen LogP contribution in [-0.2, 0) is 24.4 Å². The van der Waals surface area contributed by atoms with Crippen molar-refractivity contribution in [3.63, 3.8) is 0 Å². The van der Waals surface area contributed by atoms with Crippen LogP contribution in [-0.4, -0.2) is 11.0 Å². The topological polar surface area (TPSA) is 74.4 Å². The summed E-state index contributed by atoms with van der Waals surface area (Å²) >= 11 is 0. The van der Waals surface area contributed by atoms with E-state index in [0.717, 1.165) is 40.1 Å². The zero-order valence-electron chi connectivity index (χ0n) is 20.5. The number of carbonyl (C=O) groups excluding carboxylic acids is 1. The molecule has 0 bridgehead atoms. The highest BCUT2D eigenvalue weighted by Crippen LogP contribution is 2.34. The van der Waals surface area contributed by atoms with Gasteiger partial charge in [-0.3, -0.25) is 9.78 Å². The number of esters is 1. The summed E-state index contributed by atoms with van der Waals surface area (Å²) in [6.07, 6.45) is 0.845. The molecule has 2 N–H and O–H groups in total. The predicted octanol–water partition coefficient (Wildman–Crippen LogP) is 5.92. The molecule has 0 atom stereocenters. The number of hydrogen-bond donors (Lipinski definition) is 1. The summed E-state index contributed by atoms with van der Waals surface area (Å²) in [6, 6.07) is 15.6. The maximum absolute atomic E-state index is 11.1. The fourth-order valence-corrected chi connectivity index (χ4v) is 3.88. The number of carbonyl (C=O) groups is 1. The molecule has 0 aliphatic carbocycles. The van der Waals surface area contributed by atoms with Gasteiger partial charge in [0.15, 0.2) is 0 Å². The van der Waals surface area contributed by atoms with E-state index in [1.54, 1.807) is 24.3 Å². The van der Waals surface area contributed by atoms with Gasteiger partial charge in [0.05, 0.1) is 0 Å². The van der Waals surface area contributed by atoms with Gasteiger partial charge < -0.3 is 15.2 Å². The maximum Gasteiger partial charge on any atom is 0.308 e. The monoisotopic (exact) mass is 446 g/mol. The third kappa shape index (κ3) is 6.42. The van der Waals surface area contributed by atoms with Crippen LogP contribution in [0, 0.1) is 19.3 Å². The Morgan fingerprint density at radius 2 is 1.55 bits per heavy atom. The first-order valence-electron chi connectivity index (χ1n) is 11.3. The molecule has 2 aromatic carbocycles. The van der Waals surface area contributed by atoms with Crippen molar-refractivity contribution in [1.82, 2.24) is 4.98 Å². The molecular weight excluding hydrogens is 412 g/mol. The molecule has 1 aromatic heterocycles. The highest BCUT2D eigenvalue weighted by molar-refractivity contribution is 5.73. The van der Waals surface area contributed by atoms with Gasteiger partial charge in [-0.1, -0.05) is 50.6 Å². The predicted molar refractivity (Wildman–Crippen MR) is 132 cm³/mol. The number of ether oxygens (including phenoxy) is 2. The van der Waals surface area contributed by atoms with Crippen LogP contribution >= 0.6 is 0 Å². The Hall–Kier alpha value is -3.18. The van der Waals surface area contributed by atoms with Gasteiger partial charge in [-0.25, -0.2) is 0 Å². The fraction of sp³-hybridized carbons (Fsp3) is 0.357. The summed E-state index contributed by atoms with van der Waals surface area (Å²) < 4.78 is 11.2. The fourth-order valence-electron chi connectivity index (χ4n) is 3.88. The van der Waals surface area contributed by atoms with Gasteiger partial charge >= 0.3 is 5.97 Å². The van der Waals surface area contributed by atoms with E-state index < -0.39 is 0 Å². The molecule has 33 heavy (non-hydrogen) atoms. The number of aromatic nitrogens is 1. The van der Waals surface area contributed by atoms with E-state index in [0.29, 0.717) is 24.7 Å². The highest BCUT2D eigenvalue weighted by atomic mass is 16.5. The van der Waals surface area contributed by atoms with Crippen LogP contribution in [0.1, 0.15) is 55.8 Å². The van der Waals surface area contributed by atoms with Gasteiger partial charge in [0.1, 0.15) is 18.1 Å². The molecule has 0 unspecified atom stereocenters. The van der Waals surface area contributed by atoms with E-state index >= 15 is 0 Å². The minimum Gasteiger partial charge on any atom is -0.489 e.